The van der Waals surface area contributed by atoms with E-state index >= 15 is 0 Å². The molecule has 3 amide bonds. The van der Waals surface area contributed by atoms with Gasteiger partial charge in [0.25, 0.3) is 0 Å². The summed E-state index contributed by atoms with van der Waals surface area (Å²) in [5, 5.41) is 4.91. The zero-order chi connectivity index (χ0) is 27.9. The molecule has 0 unspecified atom stereocenters. The van der Waals surface area contributed by atoms with Crippen LogP contribution in [0.3, 0.4) is 0 Å². The summed E-state index contributed by atoms with van der Waals surface area (Å²) in [6.45, 7) is 14.5. The highest BCUT2D eigenvalue weighted by atomic mass is 35.5. The van der Waals surface area contributed by atoms with E-state index in [0.29, 0.717) is 10.9 Å². The Balaban J connectivity index is 1.92. The molecule has 0 spiro atoms. The van der Waals surface area contributed by atoms with Crippen molar-refractivity contribution in [1.29, 1.82) is 0 Å². The maximum absolute atomic E-state index is 13.8. The van der Waals surface area contributed by atoms with E-state index in [1.54, 1.807) is 39.1 Å². The van der Waals surface area contributed by atoms with Crippen LogP contribution in [-0.2, 0) is 14.3 Å². The number of fused-ring (bicyclic) bond motifs is 1. The first-order valence-electron chi connectivity index (χ1n) is 12.3. The van der Waals surface area contributed by atoms with Crippen molar-refractivity contribution in [2.45, 2.75) is 79.2 Å². The van der Waals surface area contributed by atoms with Gasteiger partial charge in [0.15, 0.2) is 0 Å². The van der Waals surface area contributed by atoms with Gasteiger partial charge in [-0.25, -0.2) is 9.78 Å². The second-order valence-corrected chi connectivity index (χ2v) is 12.2. The zero-order valence-corrected chi connectivity index (χ0v) is 23.5. The number of amides is 3. The number of primary amides is 1. The molecule has 9 nitrogen and oxygen atoms in total. The van der Waals surface area contributed by atoms with Gasteiger partial charge in [0.1, 0.15) is 23.8 Å². The fourth-order valence-electron chi connectivity index (χ4n) is 4.55. The number of halogens is 1. The van der Waals surface area contributed by atoms with E-state index in [1.165, 1.54) is 4.90 Å². The molecule has 4 atom stereocenters. The summed E-state index contributed by atoms with van der Waals surface area (Å²) in [4.78, 5) is 44.8. The summed E-state index contributed by atoms with van der Waals surface area (Å²) < 4.78 is 11.7. The van der Waals surface area contributed by atoms with Crippen LogP contribution < -0.4 is 15.8 Å². The summed E-state index contributed by atoms with van der Waals surface area (Å²) in [7, 11) is 0. The van der Waals surface area contributed by atoms with Crippen molar-refractivity contribution in [3.05, 3.63) is 35.0 Å². The van der Waals surface area contributed by atoms with E-state index < -0.39 is 53.0 Å². The third kappa shape index (κ3) is 6.44. The first-order chi connectivity index (χ1) is 17.0. The lowest BCUT2D eigenvalue weighted by Crippen LogP contribution is -2.58. The minimum atomic E-state index is -0.965. The predicted molar refractivity (Wildman–Crippen MR) is 142 cm³/mol. The number of carbonyl (C=O) groups is 3. The molecule has 1 aliphatic rings. The monoisotopic (exact) mass is 532 g/mol. The molecule has 37 heavy (non-hydrogen) atoms. The van der Waals surface area contributed by atoms with E-state index in [0.717, 1.165) is 16.3 Å². The van der Waals surface area contributed by atoms with Crippen molar-refractivity contribution in [3.63, 3.8) is 0 Å². The first-order valence-corrected chi connectivity index (χ1v) is 12.7. The van der Waals surface area contributed by atoms with Gasteiger partial charge in [0.2, 0.25) is 17.7 Å². The summed E-state index contributed by atoms with van der Waals surface area (Å²) in [5.74, 6) is -1.16. The Kier molecular flexibility index (Phi) is 7.98. The normalized spacial score (nSPS) is 21.0. The molecule has 1 aromatic carbocycles. The smallest absolute Gasteiger partial charge is 0.408 e. The van der Waals surface area contributed by atoms with E-state index in [9.17, 15) is 14.4 Å². The SMILES string of the molecule is Cc1cnc(O[C@H]2CN(C(=O)[C@@H](NC(=O)OC(C)(C)C)C(C)(C)C)[C@H](C(N)=O)[C@@H]2C)c2cc(Cl)ccc12. The lowest BCUT2D eigenvalue weighted by molar-refractivity contribution is -0.141. The van der Waals surface area contributed by atoms with Crippen molar-refractivity contribution in [3.8, 4) is 5.88 Å². The lowest BCUT2D eigenvalue weighted by atomic mass is 9.85. The second kappa shape index (κ2) is 10.4. The van der Waals surface area contributed by atoms with Crippen LogP contribution in [0.4, 0.5) is 4.79 Å². The number of aryl methyl sites for hydroxylation is 1. The van der Waals surface area contributed by atoms with Gasteiger partial charge in [-0.1, -0.05) is 45.4 Å². The van der Waals surface area contributed by atoms with E-state index in [4.69, 9.17) is 26.8 Å². The quantitative estimate of drug-likeness (QED) is 0.594. The van der Waals surface area contributed by atoms with Gasteiger partial charge in [-0.2, -0.15) is 0 Å². The van der Waals surface area contributed by atoms with Gasteiger partial charge < -0.3 is 25.4 Å². The van der Waals surface area contributed by atoms with Crippen molar-refractivity contribution in [1.82, 2.24) is 15.2 Å². The van der Waals surface area contributed by atoms with Crippen molar-refractivity contribution in [2.75, 3.05) is 6.54 Å². The van der Waals surface area contributed by atoms with Crippen LogP contribution in [0.15, 0.2) is 24.4 Å². The third-order valence-electron chi connectivity index (χ3n) is 6.42. The summed E-state index contributed by atoms with van der Waals surface area (Å²) in [5.41, 5.74) is 5.31. The molecule has 0 radical (unpaired) electrons. The van der Waals surface area contributed by atoms with Crippen LogP contribution in [0.2, 0.25) is 5.02 Å². The van der Waals surface area contributed by atoms with Gasteiger partial charge in [0, 0.05) is 22.5 Å². The number of alkyl carbamates (subject to hydrolysis) is 1. The van der Waals surface area contributed by atoms with Crippen LogP contribution in [0, 0.1) is 18.3 Å². The Labute approximate surface area is 223 Å². The van der Waals surface area contributed by atoms with Crippen molar-refractivity contribution < 1.29 is 23.9 Å². The Bertz CT molecular complexity index is 1200. The Morgan fingerprint density at radius 2 is 1.81 bits per heavy atom. The van der Waals surface area contributed by atoms with E-state index in [-0.39, 0.29) is 6.54 Å². The highest BCUT2D eigenvalue weighted by Crippen LogP contribution is 2.34. The summed E-state index contributed by atoms with van der Waals surface area (Å²) in [6, 6.07) is 3.58. The standard InChI is InChI=1S/C27H37ClN4O5/c1-14-12-30-23(18-11-16(28)9-10-17(14)18)36-19-13-32(20(15(19)2)22(29)33)24(34)21(26(3,4)5)31-25(35)37-27(6,7)8/h9-12,15,19-21H,13H2,1-8H3,(H2,29,33)(H,31,35)/t15-,19+,20+,21-/m1/s1. The molecule has 3 N–H and O–H groups in total. The average molecular weight is 533 g/mol. The molecular formula is C27H37ClN4O5. The van der Waals surface area contributed by atoms with Gasteiger partial charge >= 0.3 is 6.09 Å². The molecular weight excluding hydrogens is 496 g/mol. The number of nitrogens with two attached hydrogens (primary N) is 1. The molecule has 1 aromatic heterocycles. The Morgan fingerprint density at radius 3 is 2.38 bits per heavy atom. The number of hydrogen-bond donors (Lipinski definition) is 2. The molecule has 2 aromatic rings. The number of benzene rings is 1. The molecule has 202 valence electrons. The van der Waals surface area contributed by atoms with E-state index in [2.05, 4.69) is 10.3 Å². The fraction of sp³-hybridized carbons (Fsp3) is 0.556. The van der Waals surface area contributed by atoms with Gasteiger partial charge in [-0.05, 0) is 56.2 Å². The molecule has 2 heterocycles. The van der Waals surface area contributed by atoms with Crippen LogP contribution in [0.1, 0.15) is 54.0 Å². The number of nitrogens with one attached hydrogen (secondary N) is 1. The third-order valence-corrected chi connectivity index (χ3v) is 6.66. The van der Waals surface area contributed by atoms with Crippen molar-refractivity contribution >= 4 is 40.3 Å². The van der Waals surface area contributed by atoms with Crippen LogP contribution >= 0.6 is 11.6 Å². The van der Waals surface area contributed by atoms with Crippen LogP contribution in [0.5, 0.6) is 5.88 Å². The summed E-state index contributed by atoms with van der Waals surface area (Å²) in [6.07, 6.45) is 0.421. The van der Waals surface area contributed by atoms with Gasteiger partial charge in [0.05, 0.1) is 6.54 Å². The molecule has 1 fully saturated rings. The first kappa shape index (κ1) is 28.5. The molecule has 0 aliphatic carbocycles. The van der Waals surface area contributed by atoms with Crippen LogP contribution in [0.25, 0.3) is 10.8 Å². The molecule has 1 aliphatic heterocycles. The largest absolute Gasteiger partial charge is 0.472 e. The highest BCUT2D eigenvalue weighted by Gasteiger charge is 2.49. The molecule has 0 bridgehead atoms. The number of nitrogens with zero attached hydrogens (tertiary/aromatic N) is 2. The number of ether oxygens (including phenoxy) is 2. The number of rotatable bonds is 5. The minimum Gasteiger partial charge on any atom is -0.472 e. The lowest BCUT2D eigenvalue weighted by Gasteiger charge is -2.35. The number of pyridine rings is 1. The average Bonchev–Trinajstić information content (AvgIpc) is 3.07. The number of carbonyl (C=O) groups excluding carboxylic acids is 3. The Morgan fingerprint density at radius 1 is 1.16 bits per heavy atom. The minimum absolute atomic E-state index is 0.0911. The second-order valence-electron chi connectivity index (χ2n) is 11.7. The zero-order valence-electron chi connectivity index (χ0n) is 22.7. The van der Waals surface area contributed by atoms with Crippen LogP contribution in [-0.4, -0.2) is 58.1 Å². The maximum atomic E-state index is 13.8. The number of aromatic nitrogens is 1. The van der Waals surface area contributed by atoms with Crippen molar-refractivity contribution in [2.24, 2.45) is 17.1 Å². The molecule has 1 saturated heterocycles. The Hall–Kier alpha value is -3.07. The summed E-state index contributed by atoms with van der Waals surface area (Å²) >= 11 is 6.23. The number of likely N-dealkylation sites (tertiary alicyclic amines) is 1. The van der Waals surface area contributed by atoms with Gasteiger partial charge in [-0.3, -0.25) is 9.59 Å². The molecule has 10 heteroatoms. The number of hydrogen-bond acceptors (Lipinski definition) is 6. The van der Waals surface area contributed by atoms with E-state index in [1.807, 2.05) is 40.7 Å². The predicted octanol–water partition coefficient (Wildman–Crippen LogP) is 4.22. The molecule has 0 saturated carbocycles. The van der Waals surface area contributed by atoms with Gasteiger partial charge in [-0.15, -0.1) is 0 Å². The fourth-order valence-corrected chi connectivity index (χ4v) is 4.73. The maximum Gasteiger partial charge on any atom is 0.408 e. The molecule has 3 rings (SSSR count). The topological polar surface area (TPSA) is 124 Å². The highest BCUT2D eigenvalue weighted by molar-refractivity contribution is 6.31.